The summed E-state index contributed by atoms with van der Waals surface area (Å²) in [6.45, 7) is 3.40. The molecule has 104 valence electrons. The Kier molecular flexibility index (Phi) is 2.60. The molecule has 1 fully saturated rings. The molecule has 3 rings (SSSR count). The van der Waals surface area contributed by atoms with Crippen molar-refractivity contribution in [3.63, 3.8) is 0 Å². The molecule has 1 saturated heterocycles. The third-order valence-electron chi connectivity index (χ3n) is 3.23. The summed E-state index contributed by atoms with van der Waals surface area (Å²) in [5, 5.41) is 6.06. The number of aromatic nitrogens is 2. The second-order valence-electron chi connectivity index (χ2n) is 4.93. The number of rotatable bonds is 3. The van der Waals surface area contributed by atoms with Gasteiger partial charge in [-0.15, -0.1) is 0 Å². The van der Waals surface area contributed by atoms with Crippen molar-refractivity contribution >= 4 is 11.9 Å². The highest BCUT2D eigenvalue weighted by Crippen LogP contribution is 2.24. The number of imide groups is 1. The molecule has 1 aliphatic heterocycles. The van der Waals surface area contributed by atoms with Crippen molar-refractivity contribution < 1.29 is 18.5 Å². The number of nitrogens with zero attached hydrogens (tertiary/aromatic N) is 3. The van der Waals surface area contributed by atoms with Gasteiger partial charge in [0.2, 0.25) is 0 Å². The van der Waals surface area contributed by atoms with Gasteiger partial charge in [0.1, 0.15) is 11.8 Å². The summed E-state index contributed by atoms with van der Waals surface area (Å²) >= 11 is 0. The lowest BCUT2D eigenvalue weighted by atomic mass is 10.0. The van der Waals surface area contributed by atoms with Crippen molar-refractivity contribution in [2.45, 2.75) is 25.9 Å². The van der Waals surface area contributed by atoms with Gasteiger partial charge in [-0.05, 0) is 19.9 Å². The molecule has 2 aromatic rings. The number of nitrogens with one attached hydrogen (secondary N) is 1. The van der Waals surface area contributed by atoms with E-state index in [4.69, 9.17) is 8.94 Å². The summed E-state index contributed by atoms with van der Waals surface area (Å²) in [5.74, 6) is 0.276. The number of hydrogen-bond donors (Lipinski definition) is 1. The van der Waals surface area contributed by atoms with E-state index in [0.29, 0.717) is 17.3 Å². The van der Waals surface area contributed by atoms with Crippen LogP contribution >= 0.6 is 0 Å². The van der Waals surface area contributed by atoms with E-state index in [0.717, 1.165) is 0 Å². The molecule has 0 aromatic carbocycles. The summed E-state index contributed by atoms with van der Waals surface area (Å²) in [6, 6.07) is 1.22. The number of hydrogen-bond acceptors (Lipinski definition) is 6. The van der Waals surface area contributed by atoms with Crippen LogP contribution in [0.15, 0.2) is 27.5 Å². The minimum absolute atomic E-state index is 0.0892. The van der Waals surface area contributed by atoms with E-state index < -0.39 is 11.6 Å². The van der Waals surface area contributed by atoms with Gasteiger partial charge in [0, 0.05) is 0 Å². The third-order valence-corrected chi connectivity index (χ3v) is 3.23. The van der Waals surface area contributed by atoms with Crippen molar-refractivity contribution in [3.8, 4) is 11.5 Å². The van der Waals surface area contributed by atoms with Crippen LogP contribution < -0.4 is 5.32 Å². The minimum atomic E-state index is -0.937. The molecule has 0 bridgehead atoms. The quantitative estimate of drug-likeness (QED) is 0.844. The van der Waals surface area contributed by atoms with Gasteiger partial charge in [0.25, 0.3) is 11.8 Å². The van der Waals surface area contributed by atoms with E-state index in [1.807, 2.05) is 0 Å². The summed E-state index contributed by atoms with van der Waals surface area (Å²) < 4.78 is 10.0. The zero-order chi connectivity index (χ0) is 14.3. The maximum atomic E-state index is 11.7. The Morgan fingerprint density at radius 3 is 2.80 bits per heavy atom. The third kappa shape index (κ3) is 1.85. The number of furan rings is 1. The molecule has 3 heterocycles. The van der Waals surface area contributed by atoms with Crippen molar-refractivity contribution in [1.82, 2.24) is 20.4 Å². The van der Waals surface area contributed by atoms with E-state index >= 15 is 0 Å². The van der Waals surface area contributed by atoms with Gasteiger partial charge in [-0.2, -0.15) is 4.98 Å². The molecule has 1 aliphatic rings. The van der Waals surface area contributed by atoms with Crippen molar-refractivity contribution in [2.75, 3.05) is 0 Å². The lowest BCUT2D eigenvalue weighted by Gasteiger charge is -2.26. The average molecular weight is 276 g/mol. The molecule has 3 amide bonds. The number of amides is 3. The van der Waals surface area contributed by atoms with Crippen LogP contribution in [0, 0.1) is 0 Å². The van der Waals surface area contributed by atoms with Crippen molar-refractivity contribution in [1.29, 1.82) is 0 Å². The van der Waals surface area contributed by atoms with Crippen LogP contribution in [0.25, 0.3) is 11.5 Å². The molecule has 1 N–H and O–H groups in total. The first kappa shape index (κ1) is 12.4. The topological polar surface area (TPSA) is 101 Å². The molecule has 20 heavy (non-hydrogen) atoms. The predicted molar refractivity (Wildman–Crippen MR) is 65.2 cm³/mol. The predicted octanol–water partition coefficient (Wildman–Crippen LogP) is 1.16. The summed E-state index contributed by atoms with van der Waals surface area (Å²) in [6.07, 6.45) is 2.97. The van der Waals surface area contributed by atoms with Gasteiger partial charge in [0.05, 0.1) is 18.4 Å². The fourth-order valence-electron chi connectivity index (χ4n) is 1.93. The van der Waals surface area contributed by atoms with Crippen LogP contribution in [-0.4, -0.2) is 32.5 Å². The fraction of sp³-hybridized carbons (Fsp3) is 0.333. The fourth-order valence-corrected chi connectivity index (χ4v) is 1.93. The minimum Gasteiger partial charge on any atom is -0.472 e. The van der Waals surface area contributed by atoms with E-state index in [1.54, 1.807) is 19.9 Å². The van der Waals surface area contributed by atoms with Gasteiger partial charge in [0.15, 0.2) is 5.82 Å². The molecule has 0 aliphatic carbocycles. The van der Waals surface area contributed by atoms with Gasteiger partial charge >= 0.3 is 6.03 Å². The molecule has 2 aromatic heterocycles. The maximum Gasteiger partial charge on any atom is 0.325 e. The Bertz CT molecular complexity index is 659. The van der Waals surface area contributed by atoms with Crippen LogP contribution in [0.1, 0.15) is 19.7 Å². The molecule has 0 spiro atoms. The maximum absolute atomic E-state index is 11.7. The monoisotopic (exact) mass is 276 g/mol. The molecule has 8 nitrogen and oxygen atoms in total. The smallest absolute Gasteiger partial charge is 0.325 e. The Labute approximate surface area is 113 Å². The number of carbonyl (C=O) groups excluding carboxylic acids is 2. The second-order valence-corrected chi connectivity index (χ2v) is 4.93. The first-order valence-corrected chi connectivity index (χ1v) is 5.96. The number of carbonyl (C=O) groups is 2. The van der Waals surface area contributed by atoms with Gasteiger partial charge in [-0.3, -0.25) is 10.1 Å². The molecular formula is C12H12N4O4. The summed E-state index contributed by atoms with van der Waals surface area (Å²) in [4.78, 5) is 28.9. The summed E-state index contributed by atoms with van der Waals surface area (Å²) in [7, 11) is 0. The van der Waals surface area contributed by atoms with E-state index in [-0.39, 0.29) is 12.5 Å². The van der Waals surface area contributed by atoms with E-state index in [9.17, 15) is 9.59 Å². The number of urea groups is 1. The molecule has 8 heteroatoms. The van der Waals surface area contributed by atoms with Crippen LogP contribution in [0.5, 0.6) is 0 Å². The lowest BCUT2D eigenvalue weighted by molar-refractivity contribution is -0.125. The Morgan fingerprint density at radius 2 is 2.20 bits per heavy atom. The molecule has 0 saturated carbocycles. The van der Waals surface area contributed by atoms with Crippen molar-refractivity contribution in [3.05, 3.63) is 24.4 Å². The van der Waals surface area contributed by atoms with Crippen LogP contribution in [0.3, 0.4) is 0 Å². The highest BCUT2D eigenvalue weighted by molar-refractivity contribution is 6.06. The van der Waals surface area contributed by atoms with Crippen molar-refractivity contribution in [2.24, 2.45) is 0 Å². The zero-order valence-electron chi connectivity index (χ0n) is 10.9. The molecule has 0 unspecified atom stereocenters. The van der Waals surface area contributed by atoms with E-state index in [1.165, 1.54) is 17.4 Å². The van der Waals surface area contributed by atoms with Crippen LogP contribution in [0.4, 0.5) is 4.79 Å². The largest absolute Gasteiger partial charge is 0.472 e. The van der Waals surface area contributed by atoms with Gasteiger partial charge in [-0.25, -0.2) is 4.79 Å². The zero-order valence-corrected chi connectivity index (χ0v) is 10.9. The first-order chi connectivity index (χ1) is 9.48. The van der Waals surface area contributed by atoms with Crippen LogP contribution in [-0.2, 0) is 11.3 Å². The van der Waals surface area contributed by atoms with Gasteiger partial charge < -0.3 is 13.8 Å². The Balaban J connectivity index is 1.82. The standard InChI is InChI=1S/C12H12N4O4/c1-12(2)10(17)14-11(18)16(12)5-8-13-9(20-15-8)7-3-4-19-6-7/h3-4,6H,5H2,1-2H3,(H,14,17,18). The SMILES string of the molecule is CC1(C)C(=O)NC(=O)N1Cc1noc(-c2ccoc2)n1. The first-order valence-electron chi connectivity index (χ1n) is 5.96. The Morgan fingerprint density at radius 1 is 1.40 bits per heavy atom. The molecule has 0 atom stereocenters. The summed E-state index contributed by atoms with van der Waals surface area (Å²) in [5.41, 5.74) is -0.280. The normalized spacial score (nSPS) is 17.6. The lowest BCUT2D eigenvalue weighted by Crippen LogP contribution is -2.43. The Hall–Kier alpha value is -2.64. The average Bonchev–Trinajstić information content (AvgIpc) is 3.08. The molecule has 0 radical (unpaired) electrons. The van der Waals surface area contributed by atoms with Gasteiger partial charge in [-0.1, -0.05) is 5.16 Å². The highest BCUT2D eigenvalue weighted by Gasteiger charge is 2.45. The van der Waals surface area contributed by atoms with Crippen LogP contribution in [0.2, 0.25) is 0 Å². The highest BCUT2D eigenvalue weighted by atomic mass is 16.5. The second kappa shape index (κ2) is 4.19. The van der Waals surface area contributed by atoms with E-state index in [2.05, 4.69) is 15.5 Å². The molecular weight excluding hydrogens is 264 g/mol.